The van der Waals surface area contributed by atoms with E-state index in [0.29, 0.717) is 0 Å². The fourth-order valence-electron chi connectivity index (χ4n) is 1.72. The summed E-state index contributed by atoms with van der Waals surface area (Å²) in [5.41, 5.74) is 4.44. The maximum atomic E-state index is 12.0. The minimum atomic E-state index is -1.55. The van der Waals surface area contributed by atoms with Gasteiger partial charge >= 0.3 is 5.97 Å². The molecule has 112 valence electrons. The SMILES string of the molecule is Cc1cccc(C(=O)N[C@H](CC(N)=O)C(=O)O)c1[N+](=O)[O-]. The van der Waals surface area contributed by atoms with Crippen LogP contribution in [-0.2, 0) is 9.59 Å². The Bertz CT molecular complexity index is 613. The normalized spacial score (nSPS) is 11.5. The molecular formula is C12H13N3O6. The first-order valence-electron chi connectivity index (χ1n) is 5.80. The molecule has 0 radical (unpaired) electrons. The van der Waals surface area contributed by atoms with Gasteiger partial charge in [-0.05, 0) is 13.0 Å². The summed E-state index contributed by atoms with van der Waals surface area (Å²) < 4.78 is 0. The van der Waals surface area contributed by atoms with Crippen molar-refractivity contribution in [3.8, 4) is 0 Å². The summed E-state index contributed by atoms with van der Waals surface area (Å²) >= 11 is 0. The lowest BCUT2D eigenvalue weighted by atomic mass is 10.1. The number of nitrogens with two attached hydrogens (primary N) is 1. The van der Waals surface area contributed by atoms with Crippen molar-refractivity contribution in [3.05, 3.63) is 39.4 Å². The third-order valence-electron chi connectivity index (χ3n) is 2.67. The first-order chi connectivity index (χ1) is 9.73. The number of hydrogen-bond acceptors (Lipinski definition) is 5. The number of nitrogens with one attached hydrogen (secondary N) is 1. The number of carboxylic acids is 1. The fraction of sp³-hybridized carbons (Fsp3) is 0.250. The molecule has 9 nitrogen and oxygen atoms in total. The highest BCUT2D eigenvalue weighted by atomic mass is 16.6. The van der Waals surface area contributed by atoms with E-state index in [0.717, 1.165) is 0 Å². The van der Waals surface area contributed by atoms with E-state index < -0.39 is 40.9 Å². The molecule has 1 rings (SSSR count). The Labute approximate surface area is 118 Å². The summed E-state index contributed by atoms with van der Waals surface area (Å²) in [5.74, 6) is -3.34. The monoisotopic (exact) mass is 295 g/mol. The highest BCUT2D eigenvalue weighted by molar-refractivity contribution is 6.01. The van der Waals surface area contributed by atoms with E-state index in [2.05, 4.69) is 0 Å². The number of amides is 2. The highest BCUT2D eigenvalue weighted by Crippen LogP contribution is 2.23. The van der Waals surface area contributed by atoms with Gasteiger partial charge in [0.15, 0.2) is 0 Å². The molecule has 0 saturated carbocycles. The Balaban J connectivity index is 3.09. The Hall–Kier alpha value is -2.97. The van der Waals surface area contributed by atoms with Crippen molar-refractivity contribution in [1.82, 2.24) is 5.32 Å². The molecule has 2 amide bonds. The van der Waals surface area contributed by atoms with Crippen LogP contribution in [0.15, 0.2) is 18.2 Å². The predicted molar refractivity (Wildman–Crippen MR) is 70.5 cm³/mol. The van der Waals surface area contributed by atoms with Crippen LogP contribution >= 0.6 is 0 Å². The summed E-state index contributed by atoms with van der Waals surface area (Å²) in [6.45, 7) is 1.45. The molecule has 0 aliphatic rings. The molecule has 0 aliphatic heterocycles. The molecule has 0 bridgehead atoms. The second kappa shape index (κ2) is 6.46. The van der Waals surface area contributed by atoms with Crippen LogP contribution < -0.4 is 11.1 Å². The number of para-hydroxylation sites is 1. The van der Waals surface area contributed by atoms with Gasteiger partial charge in [0.2, 0.25) is 5.91 Å². The summed E-state index contributed by atoms with van der Waals surface area (Å²) in [6.07, 6.45) is -0.610. The topological polar surface area (TPSA) is 153 Å². The maximum Gasteiger partial charge on any atom is 0.326 e. The number of nitrogens with zero attached hydrogens (tertiary/aromatic N) is 1. The second-order valence-corrected chi connectivity index (χ2v) is 4.26. The van der Waals surface area contributed by atoms with Crippen molar-refractivity contribution < 1.29 is 24.4 Å². The van der Waals surface area contributed by atoms with Crippen LogP contribution in [0.3, 0.4) is 0 Å². The third-order valence-corrected chi connectivity index (χ3v) is 2.67. The van der Waals surface area contributed by atoms with Gasteiger partial charge in [0.05, 0.1) is 11.3 Å². The first kappa shape index (κ1) is 16.1. The number of primary amides is 1. The lowest BCUT2D eigenvalue weighted by molar-refractivity contribution is -0.385. The molecule has 4 N–H and O–H groups in total. The molecule has 0 aliphatic carbocycles. The van der Waals surface area contributed by atoms with E-state index in [9.17, 15) is 24.5 Å². The Morgan fingerprint density at radius 2 is 2.05 bits per heavy atom. The van der Waals surface area contributed by atoms with Crippen LogP contribution in [0.2, 0.25) is 0 Å². The molecule has 0 unspecified atom stereocenters. The fourth-order valence-corrected chi connectivity index (χ4v) is 1.72. The molecule has 9 heteroatoms. The van der Waals surface area contributed by atoms with Crippen LogP contribution in [0.1, 0.15) is 22.3 Å². The van der Waals surface area contributed by atoms with E-state index in [1.54, 1.807) is 0 Å². The number of carbonyl (C=O) groups excluding carboxylic acids is 2. The molecule has 1 aromatic carbocycles. The Morgan fingerprint density at radius 3 is 2.52 bits per heavy atom. The molecular weight excluding hydrogens is 282 g/mol. The van der Waals surface area contributed by atoms with Crippen molar-refractivity contribution in [2.75, 3.05) is 0 Å². The molecule has 21 heavy (non-hydrogen) atoms. The molecule has 1 atom stereocenters. The summed E-state index contributed by atoms with van der Waals surface area (Å²) in [4.78, 5) is 43.9. The Morgan fingerprint density at radius 1 is 1.43 bits per heavy atom. The van der Waals surface area contributed by atoms with E-state index >= 15 is 0 Å². The van der Waals surface area contributed by atoms with Gasteiger partial charge in [-0.15, -0.1) is 0 Å². The highest BCUT2D eigenvalue weighted by Gasteiger charge is 2.27. The van der Waals surface area contributed by atoms with Crippen LogP contribution in [-0.4, -0.2) is 33.9 Å². The largest absolute Gasteiger partial charge is 0.480 e. The van der Waals surface area contributed by atoms with Gasteiger partial charge in [-0.25, -0.2) is 4.79 Å². The number of carbonyl (C=O) groups is 3. The minimum absolute atomic E-state index is 0.259. The minimum Gasteiger partial charge on any atom is -0.480 e. The van der Waals surface area contributed by atoms with Crippen LogP contribution in [0.25, 0.3) is 0 Å². The van der Waals surface area contributed by atoms with E-state index in [-0.39, 0.29) is 11.1 Å². The Kier molecular flexibility index (Phi) is 4.95. The summed E-state index contributed by atoms with van der Waals surface area (Å²) in [6, 6.07) is 2.53. The zero-order valence-electron chi connectivity index (χ0n) is 11.0. The van der Waals surface area contributed by atoms with Crippen molar-refractivity contribution in [1.29, 1.82) is 0 Å². The number of carboxylic acid groups (broad SMARTS) is 1. The quantitative estimate of drug-likeness (QED) is 0.494. The van der Waals surface area contributed by atoms with Crippen molar-refractivity contribution in [2.45, 2.75) is 19.4 Å². The van der Waals surface area contributed by atoms with Crippen molar-refractivity contribution in [3.63, 3.8) is 0 Å². The molecule has 1 aromatic rings. The van der Waals surface area contributed by atoms with Gasteiger partial charge in [0, 0.05) is 5.56 Å². The predicted octanol–water partition coefficient (Wildman–Crippen LogP) is -0.0384. The molecule has 0 saturated heterocycles. The van der Waals surface area contributed by atoms with Gasteiger partial charge in [-0.2, -0.15) is 0 Å². The lowest BCUT2D eigenvalue weighted by Crippen LogP contribution is -2.43. The number of rotatable bonds is 6. The number of nitro benzene ring substituents is 1. The van der Waals surface area contributed by atoms with E-state index in [4.69, 9.17) is 10.8 Å². The van der Waals surface area contributed by atoms with Crippen LogP contribution in [0.5, 0.6) is 0 Å². The standard InChI is InChI=1S/C12H13N3O6/c1-6-3-2-4-7(10(6)15(20)21)11(17)14-8(12(18)19)5-9(13)16/h2-4,8H,5H2,1H3,(H2,13,16)(H,14,17)(H,18,19)/t8-/m1/s1. The first-order valence-corrected chi connectivity index (χ1v) is 5.80. The average molecular weight is 295 g/mol. The number of aryl methyl sites for hydroxylation is 1. The zero-order chi connectivity index (χ0) is 16.2. The zero-order valence-corrected chi connectivity index (χ0v) is 11.0. The number of nitro groups is 1. The van der Waals surface area contributed by atoms with Gasteiger partial charge in [-0.1, -0.05) is 12.1 Å². The van der Waals surface area contributed by atoms with Crippen LogP contribution in [0.4, 0.5) is 5.69 Å². The summed E-state index contributed by atoms with van der Waals surface area (Å²) in [5, 5.41) is 21.9. The van der Waals surface area contributed by atoms with Gasteiger partial charge < -0.3 is 16.2 Å². The number of aliphatic carboxylic acids is 1. The van der Waals surface area contributed by atoms with E-state index in [1.165, 1.54) is 25.1 Å². The molecule has 0 spiro atoms. The molecule has 0 fully saturated rings. The second-order valence-electron chi connectivity index (χ2n) is 4.26. The average Bonchev–Trinajstić information content (AvgIpc) is 2.36. The van der Waals surface area contributed by atoms with Gasteiger partial charge in [-0.3, -0.25) is 19.7 Å². The van der Waals surface area contributed by atoms with Crippen molar-refractivity contribution >= 4 is 23.5 Å². The molecule has 0 heterocycles. The number of benzene rings is 1. The van der Waals surface area contributed by atoms with E-state index in [1.807, 2.05) is 5.32 Å². The van der Waals surface area contributed by atoms with Gasteiger partial charge in [0.1, 0.15) is 11.6 Å². The molecule has 0 aromatic heterocycles. The maximum absolute atomic E-state index is 12.0. The van der Waals surface area contributed by atoms with Crippen molar-refractivity contribution in [2.24, 2.45) is 5.73 Å². The van der Waals surface area contributed by atoms with Crippen LogP contribution in [0, 0.1) is 17.0 Å². The smallest absolute Gasteiger partial charge is 0.326 e. The lowest BCUT2D eigenvalue weighted by Gasteiger charge is -2.13. The number of hydrogen-bond donors (Lipinski definition) is 3. The third kappa shape index (κ3) is 4.00. The summed E-state index contributed by atoms with van der Waals surface area (Å²) in [7, 11) is 0. The van der Waals surface area contributed by atoms with Gasteiger partial charge in [0.25, 0.3) is 11.6 Å².